The Kier molecular flexibility index (Phi) is 0. The predicted octanol–water partition coefficient (Wildman–Crippen LogP) is 6.85. The first kappa shape index (κ1) is 202. The third-order valence-electron chi connectivity index (χ3n) is 0. The molecule has 0 heterocycles. The zero-order valence-corrected chi connectivity index (χ0v) is 4.00. The van der Waals surface area contributed by atoms with E-state index in [4.69, 9.17) is 0 Å². The Hall–Kier alpha value is 0. The highest BCUT2D eigenvalue weighted by molar-refractivity contribution is 3.51. The highest BCUT2D eigenvalue weighted by atomic mass is 13.0. The van der Waals surface area contributed by atoms with Gasteiger partial charge in [0.05, 0.1) is 0 Å². The molecule has 84 valence electrons. The van der Waals surface area contributed by atoms with Crippen LogP contribution < -0.4 is 0 Å². The minimum absolute atomic E-state index is 0. The summed E-state index contributed by atoms with van der Waals surface area (Å²) in [4.78, 5) is 0. The van der Waals surface area contributed by atoms with Gasteiger partial charge >= 0.3 is 0 Å². The van der Waals surface area contributed by atoms with E-state index in [0.29, 0.717) is 0 Å². The van der Waals surface area contributed by atoms with E-state index < -0.39 is 0 Å². The van der Waals surface area contributed by atoms with Crippen molar-refractivity contribution in [1.29, 1.82) is 0 Å². The maximum absolute atomic E-state index is 2.00. The van der Waals surface area contributed by atoms with Crippen LogP contribution in [0.4, 0.5) is 0 Å². The van der Waals surface area contributed by atoms with Gasteiger partial charge in [-0.1, -0.05) is 72.3 Å². The average molecular weight is 164 g/mol. The van der Waals surface area contributed by atoms with Crippen LogP contribution in [0.15, 0.2) is 0 Å². The van der Waals surface area contributed by atoms with Crippen molar-refractivity contribution in [2.24, 2.45) is 0 Å². The van der Waals surface area contributed by atoms with Gasteiger partial charge in [0.1, 0.15) is 0 Å². The summed E-state index contributed by atoms with van der Waals surface area (Å²) in [6, 6.07) is 0. The molecule has 10 heavy (non-hydrogen) atoms. The fraction of sp³-hybridized carbons (Fsp3) is 1.00. The number of hydrogen-bond donors (Lipinski definition) is 0. The summed E-state index contributed by atoms with van der Waals surface area (Å²) in [5.41, 5.74) is 0. The third kappa shape index (κ3) is 0. The Bertz CT molecular complexity index is 12.1. The molecule has 0 aliphatic heterocycles. The lowest BCUT2D eigenvalue weighted by Gasteiger charge is -1.07. The molecular formula is C10H44. The average Bonchev–Trinajstić information content (AvgIpc) is 1.50. The molecule has 0 saturated carbocycles. The van der Waals surface area contributed by atoms with Crippen molar-refractivity contribution in [2.75, 3.05) is 0 Å². The van der Waals surface area contributed by atoms with Gasteiger partial charge in [0, 0.05) is 5.71 Å². The SMILES string of the molecule is C.C.C.C.C.C.CC.CC.[HH].[HH].[HH].[HH]. The highest BCUT2D eigenvalue weighted by Gasteiger charge is 0.934. The standard InChI is InChI=1S/2C2H6.6CH4.4H2/c2*1-2;;;;;;;;;;/h2*1-2H3;6*1H4;4*1H. The summed E-state index contributed by atoms with van der Waals surface area (Å²) in [5, 5.41) is 0. The normalized spacial score (nSPS) is 1.20. The first-order valence-corrected chi connectivity index (χ1v) is 2.00. The lowest BCUT2D eigenvalue weighted by Crippen LogP contribution is -0.856. The smallest absolute Gasteiger partial charge is 0 e. The molecule has 0 unspecified atom stereocenters. The van der Waals surface area contributed by atoms with Crippen molar-refractivity contribution < 1.29 is 5.71 Å². The van der Waals surface area contributed by atoms with E-state index in [0.717, 1.165) is 0 Å². The van der Waals surface area contributed by atoms with Crippen molar-refractivity contribution in [3.8, 4) is 0 Å². The van der Waals surface area contributed by atoms with E-state index >= 15 is 0 Å². The molecule has 0 spiro atoms. The zero-order chi connectivity index (χ0) is 4.00. The second-order valence-corrected chi connectivity index (χ2v) is 0. The molecule has 0 atom stereocenters. The topological polar surface area (TPSA) is 0 Å². The molecular weight excluding hydrogens is 120 g/mol. The highest BCUT2D eigenvalue weighted by Crippen LogP contribution is 1.15. The van der Waals surface area contributed by atoms with Crippen LogP contribution >= 0.6 is 0 Å². The molecule has 0 aliphatic carbocycles. The summed E-state index contributed by atoms with van der Waals surface area (Å²) in [6.07, 6.45) is 0. The van der Waals surface area contributed by atoms with Crippen LogP contribution in [0.5, 0.6) is 0 Å². The molecule has 0 rings (SSSR count). The minimum atomic E-state index is 0. The summed E-state index contributed by atoms with van der Waals surface area (Å²) in [5.74, 6) is 0. The largest absolute Gasteiger partial charge is 0.0776 e. The maximum atomic E-state index is 2.00. The third-order valence-corrected chi connectivity index (χ3v) is 0. The first-order valence-electron chi connectivity index (χ1n) is 2.00. The molecule has 0 aromatic carbocycles. The summed E-state index contributed by atoms with van der Waals surface area (Å²) < 4.78 is 0. The summed E-state index contributed by atoms with van der Waals surface area (Å²) in [6.45, 7) is 8.00. The Morgan fingerprint density at radius 1 is 0.400 bits per heavy atom. The van der Waals surface area contributed by atoms with Gasteiger partial charge in [0.2, 0.25) is 0 Å². The van der Waals surface area contributed by atoms with E-state index in [2.05, 4.69) is 0 Å². The van der Waals surface area contributed by atoms with Crippen molar-refractivity contribution >= 4 is 0 Å². The van der Waals surface area contributed by atoms with Gasteiger partial charge in [-0.3, -0.25) is 0 Å². The second kappa shape index (κ2) is 0. The molecule has 0 fully saturated rings. The van der Waals surface area contributed by atoms with Crippen molar-refractivity contribution in [3.05, 3.63) is 0 Å². The predicted molar refractivity (Wildman–Crippen MR) is 71.5 cm³/mol. The van der Waals surface area contributed by atoms with E-state index in [1.54, 1.807) is 0 Å². The maximum Gasteiger partial charge on any atom is 0 e. The molecule has 0 N–H and O–H groups in total. The van der Waals surface area contributed by atoms with Crippen LogP contribution in [0.2, 0.25) is 0 Å². The summed E-state index contributed by atoms with van der Waals surface area (Å²) >= 11 is 0. The van der Waals surface area contributed by atoms with Gasteiger partial charge in [-0.05, 0) is 0 Å². The molecule has 0 aromatic rings. The zero-order valence-electron chi connectivity index (χ0n) is 4.00. The molecule has 0 bridgehead atoms. The molecule has 0 aliphatic rings. The minimum Gasteiger partial charge on any atom is -0.0776 e. The van der Waals surface area contributed by atoms with Crippen LogP contribution in [0.25, 0.3) is 0 Å². The Balaban J connectivity index is -0.000000000333. The Morgan fingerprint density at radius 3 is 0.400 bits per heavy atom. The molecule has 0 radical (unpaired) electrons. The van der Waals surface area contributed by atoms with Gasteiger partial charge in [-0.15, -0.1) is 0 Å². The lowest BCUT2D eigenvalue weighted by atomic mass is 11.0. The van der Waals surface area contributed by atoms with E-state index in [1.807, 2.05) is 27.7 Å². The van der Waals surface area contributed by atoms with Crippen LogP contribution in [-0.2, 0) is 0 Å². The van der Waals surface area contributed by atoms with E-state index in [9.17, 15) is 0 Å². The number of hydrogen-bond acceptors (Lipinski definition) is 0. The van der Waals surface area contributed by atoms with Crippen LogP contribution in [0.1, 0.15) is 78.0 Å². The number of rotatable bonds is 0. The van der Waals surface area contributed by atoms with Gasteiger partial charge in [-0.25, -0.2) is 0 Å². The van der Waals surface area contributed by atoms with Crippen LogP contribution in [-0.4, -0.2) is 0 Å². The molecule has 0 saturated heterocycles. The Labute approximate surface area is 79.0 Å². The fourth-order valence-corrected chi connectivity index (χ4v) is 0. The Morgan fingerprint density at radius 2 is 0.400 bits per heavy atom. The first-order chi connectivity index (χ1) is 2.00. The fourth-order valence-electron chi connectivity index (χ4n) is 0. The summed E-state index contributed by atoms with van der Waals surface area (Å²) in [7, 11) is 0. The lowest BCUT2D eigenvalue weighted by molar-refractivity contribution is 1.50. The van der Waals surface area contributed by atoms with Crippen LogP contribution in [0.3, 0.4) is 0 Å². The van der Waals surface area contributed by atoms with Crippen molar-refractivity contribution in [1.82, 2.24) is 0 Å². The van der Waals surface area contributed by atoms with Crippen LogP contribution in [0, 0.1) is 0 Å². The molecule has 0 nitrogen and oxygen atoms in total. The van der Waals surface area contributed by atoms with E-state index in [-0.39, 0.29) is 50.3 Å². The molecule has 0 amide bonds. The van der Waals surface area contributed by atoms with E-state index in [1.165, 1.54) is 0 Å². The molecule has 0 aromatic heterocycles. The van der Waals surface area contributed by atoms with Crippen molar-refractivity contribution in [3.63, 3.8) is 0 Å². The second-order valence-electron chi connectivity index (χ2n) is 0. The van der Waals surface area contributed by atoms with Crippen molar-refractivity contribution in [2.45, 2.75) is 72.3 Å². The van der Waals surface area contributed by atoms with Gasteiger partial charge in [-0.2, -0.15) is 0 Å². The van der Waals surface area contributed by atoms with Gasteiger partial charge < -0.3 is 0 Å². The van der Waals surface area contributed by atoms with Gasteiger partial charge in [0.25, 0.3) is 0 Å². The molecule has 0 heteroatoms. The van der Waals surface area contributed by atoms with Gasteiger partial charge in [0.15, 0.2) is 0 Å². The quantitative estimate of drug-likeness (QED) is 0.367. The monoisotopic (exact) mass is 164 g/mol.